The van der Waals surface area contributed by atoms with E-state index in [0.29, 0.717) is 0 Å². The summed E-state index contributed by atoms with van der Waals surface area (Å²) in [6.45, 7) is 4.34. The molecule has 2 heteroatoms. The van der Waals surface area contributed by atoms with Crippen LogP contribution in [0.25, 0.3) is 0 Å². The van der Waals surface area contributed by atoms with E-state index in [0.717, 1.165) is 31.2 Å². The molecular weight excluding hydrogens is 186 g/mol. The molecule has 0 aliphatic carbocycles. The number of hydrogen-bond acceptors (Lipinski definition) is 1. The molecule has 0 spiro atoms. The summed E-state index contributed by atoms with van der Waals surface area (Å²) >= 11 is 0. The molecule has 84 valence electrons. The molecule has 0 atom stereocenters. The highest BCUT2D eigenvalue weighted by Gasteiger charge is 2.05. The standard InChI is InChI=1S/C13H21NO/c1-3-5-7-11-9-10-14-13(15)12(11)8-6-4-2/h9-10H,3-8H2,1-2H3,(H,14,15). The van der Waals surface area contributed by atoms with E-state index in [2.05, 4.69) is 24.9 Å². The van der Waals surface area contributed by atoms with Gasteiger partial charge in [0, 0.05) is 11.8 Å². The SMILES string of the molecule is CCCCc1cc[nH]c(=O)c1CCCC. The molecule has 0 aromatic carbocycles. The van der Waals surface area contributed by atoms with Gasteiger partial charge in [0.15, 0.2) is 0 Å². The minimum atomic E-state index is 0.108. The Balaban J connectivity index is 2.82. The number of unbranched alkanes of at least 4 members (excludes halogenated alkanes) is 2. The van der Waals surface area contributed by atoms with E-state index < -0.39 is 0 Å². The Morgan fingerprint density at radius 2 is 1.80 bits per heavy atom. The molecule has 0 radical (unpaired) electrons. The van der Waals surface area contributed by atoms with Crippen LogP contribution in [-0.2, 0) is 12.8 Å². The van der Waals surface area contributed by atoms with Gasteiger partial charge in [-0.05, 0) is 37.3 Å². The largest absolute Gasteiger partial charge is 0.329 e. The number of nitrogens with one attached hydrogen (secondary N) is 1. The van der Waals surface area contributed by atoms with Gasteiger partial charge in [-0.15, -0.1) is 0 Å². The van der Waals surface area contributed by atoms with Crippen LogP contribution in [-0.4, -0.2) is 4.98 Å². The van der Waals surface area contributed by atoms with Crippen molar-refractivity contribution in [3.8, 4) is 0 Å². The third-order valence-electron chi connectivity index (χ3n) is 2.74. The van der Waals surface area contributed by atoms with Gasteiger partial charge >= 0.3 is 0 Å². The molecule has 1 rings (SSSR count). The zero-order valence-corrected chi connectivity index (χ0v) is 9.81. The van der Waals surface area contributed by atoms with Crippen molar-refractivity contribution in [2.45, 2.75) is 52.4 Å². The lowest BCUT2D eigenvalue weighted by atomic mass is 10.00. The highest BCUT2D eigenvalue weighted by atomic mass is 16.1. The van der Waals surface area contributed by atoms with E-state index >= 15 is 0 Å². The van der Waals surface area contributed by atoms with Crippen LogP contribution in [0.2, 0.25) is 0 Å². The van der Waals surface area contributed by atoms with E-state index in [1.165, 1.54) is 18.4 Å². The summed E-state index contributed by atoms with van der Waals surface area (Å²) in [4.78, 5) is 14.4. The van der Waals surface area contributed by atoms with Crippen molar-refractivity contribution in [1.82, 2.24) is 4.98 Å². The predicted octanol–water partition coefficient (Wildman–Crippen LogP) is 3.06. The normalized spacial score (nSPS) is 10.5. The number of pyridine rings is 1. The fourth-order valence-electron chi connectivity index (χ4n) is 1.78. The molecule has 1 N–H and O–H groups in total. The van der Waals surface area contributed by atoms with Crippen molar-refractivity contribution in [2.24, 2.45) is 0 Å². The van der Waals surface area contributed by atoms with E-state index in [1.54, 1.807) is 6.20 Å². The van der Waals surface area contributed by atoms with E-state index in [9.17, 15) is 4.79 Å². The predicted molar refractivity (Wildman–Crippen MR) is 64.3 cm³/mol. The molecule has 0 saturated carbocycles. The first-order valence-corrected chi connectivity index (χ1v) is 5.99. The van der Waals surface area contributed by atoms with E-state index in [1.807, 2.05) is 0 Å². The van der Waals surface area contributed by atoms with Gasteiger partial charge in [0.1, 0.15) is 0 Å². The van der Waals surface area contributed by atoms with Crippen LogP contribution >= 0.6 is 0 Å². The average molecular weight is 207 g/mol. The Labute approximate surface area is 91.7 Å². The lowest BCUT2D eigenvalue weighted by molar-refractivity contribution is 0.749. The van der Waals surface area contributed by atoms with Crippen molar-refractivity contribution < 1.29 is 0 Å². The second kappa shape index (κ2) is 6.44. The lowest BCUT2D eigenvalue weighted by Crippen LogP contribution is -2.15. The number of aromatic amines is 1. The summed E-state index contributed by atoms with van der Waals surface area (Å²) in [5.74, 6) is 0. The minimum Gasteiger partial charge on any atom is -0.329 e. The molecule has 0 aliphatic heterocycles. The smallest absolute Gasteiger partial charge is 0.251 e. The summed E-state index contributed by atoms with van der Waals surface area (Å²) in [6, 6.07) is 2.06. The summed E-state index contributed by atoms with van der Waals surface area (Å²) in [7, 11) is 0. The summed E-state index contributed by atoms with van der Waals surface area (Å²) in [6.07, 6.45) is 8.32. The molecule has 1 aromatic heterocycles. The minimum absolute atomic E-state index is 0.108. The van der Waals surface area contributed by atoms with Crippen LogP contribution < -0.4 is 5.56 Å². The first kappa shape index (κ1) is 12.0. The summed E-state index contributed by atoms with van der Waals surface area (Å²) < 4.78 is 0. The zero-order chi connectivity index (χ0) is 11.1. The Bertz CT molecular complexity index is 341. The van der Waals surface area contributed by atoms with Gasteiger partial charge in [-0.2, -0.15) is 0 Å². The molecule has 15 heavy (non-hydrogen) atoms. The first-order chi connectivity index (χ1) is 7.29. The third kappa shape index (κ3) is 3.54. The van der Waals surface area contributed by atoms with Gasteiger partial charge < -0.3 is 4.98 Å². The topological polar surface area (TPSA) is 32.9 Å². The molecule has 1 aromatic rings. The number of H-pyrrole nitrogens is 1. The number of rotatable bonds is 6. The van der Waals surface area contributed by atoms with Crippen molar-refractivity contribution in [1.29, 1.82) is 0 Å². The Hall–Kier alpha value is -1.05. The van der Waals surface area contributed by atoms with Crippen LogP contribution in [0.4, 0.5) is 0 Å². The summed E-state index contributed by atoms with van der Waals surface area (Å²) in [5.41, 5.74) is 2.36. The lowest BCUT2D eigenvalue weighted by Gasteiger charge is -2.06. The molecule has 2 nitrogen and oxygen atoms in total. The van der Waals surface area contributed by atoms with Crippen LogP contribution in [0, 0.1) is 0 Å². The maximum Gasteiger partial charge on any atom is 0.251 e. The average Bonchev–Trinajstić information content (AvgIpc) is 2.25. The molecule has 0 amide bonds. The zero-order valence-electron chi connectivity index (χ0n) is 9.81. The quantitative estimate of drug-likeness (QED) is 0.764. The molecule has 0 aliphatic rings. The molecule has 0 fully saturated rings. The molecule has 0 saturated heterocycles. The van der Waals surface area contributed by atoms with Crippen LogP contribution in [0.15, 0.2) is 17.1 Å². The van der Waals surface area contributed by atoms with Crippen LogP contribution in [0.5, 0.6) is 0 Å². The van der Waals surface area contributed by atoms with Gasteiger partial charge in [-0.3, -0.25) is 4.79 Å². The van der Waals surface area contributed by atoms with Gasteiger partial charge in [0.05, 0.1) is 0 Å². The van der Waals surface area contributed by atoms with Crippen molar-refractivity contribution in [3.05, 3.63) is 33.7 Å². The van der Waals surface area contributed by atoms with E-state index in [-0.39, 0.29) is 5.56 Å². The van der Waals surface area contributed by atoms with Crippen molar-refractivity contribution in [3.63, 3.8) is 0 Å². The Kier molecular flexibility index (Phi) is 5.16. The molecule has 1 heterocycles. The fourth-order valence-corrected chi connectivity index (χ4v) is 1.78. The summed E-state index contributed by atoms with van der Waals surface area (Å²) in [5, 5.41) is 0. The Morgan fingerprint density at radius 3 is 2.47 bits per heavy atom. The second-order valence-electron chi connectivity index (χ2n) is 4.02. The maximum atomic E-state index is 11.7. The monoisotopic (exact) mass is 207 g/mol. The van der Waals surface area contributed by atoms with Gasteiger partial charge in [-0.25, -0.2) is 0 Å². The van der Waals surface area contributed by atoms with E-state index in [4.69, 9.17) is 0 Å². The van der Waals surface area contributed by atoms with Gasteiger partial charge in [0.2, 0.25) is 0 Å². The highest BCUT2D eigenvalue weighted by Crippen LogP contribution is 2.10. The first-order valence-electron chi connectivity index (χ1n) is 5.99. The number of aromatic nitrogens is 1. The Morgan fingerprint density at radius 1 is 1.13 bits per heavy atom. The van der Waals surface area contributed by atoms with Crippen LogP contribution in [0.1, 0.15) is 50.7 Å². The van der Waals surface area contributed by atoms with Crippen molar-refractivity contribution in [2.75, 3.05) is 0 Å². The second-order valence-corrected chi connectivity index (χ2v) is 4.02. The van der Waals surface area contributed by atoms with Crippen molar-refractivity contribution >= 4 is 0 Å². The maximum absolute atomic E-state index is 11.7. The van der Waals surface area contributed by atoms with Gasteiger partial charge in [-0.1, -0.05) is 26.7 Å². The third-order valence-corrected chi connectivity index (χ3v) is 2.74. The number of hydrogen-bond donors (Lipinski definition) is 1. The van der Waals surface area contributed by atoms with Crippen LogP contribution in [0.3, 0.4) is 0 Å². The fraction of sp³-hybridized carbons (Fsp3) is 0.615. The van der Waals surface area contributed by atoms with Gasteiger partial charge in [0.25, 0.3) is 5.56 Å². The number of aryl methyl sites for hydroxylation is 1. The molecule has 0 unspecified atom stereocenters. The molecular formula is C13H21NO. The highest BCUT2D eigenvalue weighted by molar-refractivity contribution is 5.23. The molecule has 0 bridgehead atoms.